The normalized spacial score (nSPS) is 20.2. The van der Waals surface area contributed by atoms with Crippen molar-refractivity contribution in [2.75, 3.05) is 23.0 Å². The van der Waals surface area contributed by atoms with Crippen LogP contribution < -0.4 is 0 Å². The second kappa shape index (κ2) is 13.1. The first-order valence-electron chi connectivity index (χ1n) is 17.2. The highest BCUT2D eigenvalue weighted by Crippen LogP contribution is 2.54. The van der Waals surface area contributed by atoms with Gasteiger partial charge in [0, 0.05) is 56.6 Å². The Labute approximate surface area is 302 Å². The summed E-state index contributed by atoms with van der Waals surface area (Å²) in [6.45, 7) is 10.7. The van der Waals surface area contributed by atoms with Gasteiger partial charge in [-0.05, 0) is 60.4 Å². The number of phenolic OH excluding ortho intramolecular Hbond substituents is 6. The Morgan fingerprint density at radius 2 is 0.942 bits per heavy atom. The molecule has 2 saturated heterocycles. The quantitative estimate of drug-likeness (QED) is 0.0961. The van der Waals surface area contributed by atoms with E-state index in [9.17, 15) is 47.5 Å². The molecule has 2 fully saturated rings. The highest BCUT2D eigenvalue weighted by molar-refractivity contribution is 7.91. The number of sulfone groups is 2. The van der Waals surface area contributed by atoms with Gasteiger partial charge in [0.2, 0.25) is 0 Å². The number of nitrogens with zero attached hydrogens (tertiary/aromatic N) is 2. The van der Waals surface area contributed by atoms with E-state index in [0.29, 0.717) is 33.0 Å². The van der Waals surface area contributed by atoms with Gasteiger partial charge in [0.1, 0.15) is 11.5 Å². The minimum absolute atomic E-state index is 0.0211. The molecular formula is C38H44N2O10S2. The van der Waals surface area contributed by atoms with Gasteiger partial charge in [-0.15, -0.1) is 0 Å². The van der Waals surface area contributed by atoms with Crippen LogP contribution >= 0.6 is 0 Å². The number of aromatic hydroxyl groups is 6. The molecule has 0 aliphatic carbocycles. The van der Waals surface area contributed by atoms with Crippen molar-refractivity contribution in [1.82, 2.24) is 0 Å². The summed E-state index contributed by atoms with van der Waals surface area (Å²) >= 11 is 0. The molecule has 2 aliphatic heterocycles. The fourth-order valence-electron chi connectivity index (χ4n) is 7.77. The molecule has 2 aliphatic rings. The maximum absolute atomic E-state index is 12.3. The van der Waals surface area contributed by atoms with Crippen LogP contribution in [0.15, 0.2) is 22.1 Å². The van der Waals surface area contributed by atoms with Crippen LogP contribution in [-0.2, 0) is 19.7 Å². The lowest BCUT2D eigenvalue weighted by molar-refractivity contribution is 0.398. The molecule has 6 rings (SSSR count). The highest BCUT2D eigenvalue weighted by atomic mass is 32.2. The second-order valence-corrected chi connectivity index (χ2v) is 19.2. The van der Waals surface area contributed by atoms with Gasteiger partial charge in [0.05, 0.1) is 35.1 Å². The number of hydrogen-bond donors (Lipinski definition) is 6. The van der Waals surface area contributed by atoms with Gasteiger partial charge in [-0.2, -0.15) is 0 Å². The molecule has 4 aromatic carbocycles. The summed E-state index contributed by atoms with van der Waals surface area (Å²) in [7, 11) is -6.53. The van der Waals surface area contributed by atoms with Crippen molar-refractivity contribution in [3.8, 4) is 45.6 Å². The maximum atomic E-state index is 12.3. The van der Waals surface area contributed by atoms with Crippen LogP contribution in [0.25, 0.3) is 32.7 Å². The van der Waals surface area contributed by atoms with E-state index in [-0.39, 0.29) is 92.2 Å². The van der Waals surface area contributed by atoms with Gasteiger partial charge in [-0.1, -0.05) is 39.8 Å². The molecule has 6 N–H and O–H groups in total. The third-order valence-corrected chi connectivity index (χ3v) is 13.7. The lowest BCUT2D eigenvalue weighted by atomic mass is 9.83. The maximum Gasteiger partial charge on any atom is 0.167 e. The third kappa shape index (κ3) is 6.29. The number of fused-ring (bicyclic) bond motifs is 2. The molecule has 14 heteroatoms. The van der Waals surface area contributed by atoms with E-state index in [1.54, 1.807) is 26.0 Å². The van der Waals surface area contributed by atoms with Crippen LogP contribution in [0, 0.1) is 13.8 Å². The largest absolute Gasteiger partial charge is 0.507 e. The standard InChI is InChI=1S/C38H44N2O10S2/c1-17(2)27-23-11-19(5)29(35(43)31(23)25(33(41)37(27)45)13-39-21-7-9-51(47,48)15-21)30-20(6)12-24-28(18(3)4)38(46)34(42)26(32(24)36(30)44)14-40-22-8-10-52(49,50)16-22/h11-14,17-18,21-22,41-46H,7-10,15-16H2,1-6H3. The smallest absolute Gasteiger partial charge is 0.167 e. The van der Waals surface area contributed by atoms with E-state index in [1.807, 2.05) is 27.7 Å². The van der Waals surface area contributed by atoms with E-state index in [1.165, 1.54) is 12.4 Å². The predicted octanol–water partition coefficient (Wildman–Crippen LogP) is 5.97. The minimum atomic E-state index is -3.27. The van der Waals surface area contributed by atoms with Crippen LogP contribution in [0.1, 0.15) is 85.8 Å². The zero-order valence-corrected chi connectivity index (χ0v) is 31.5. The Kier molecular flexibility index (Phi) is 9.40. The van der Waals surface area contributed by atoms with Gasteiger partial charge in [-0.3, -0.25) is 9.98 Å². The molecule has 0 radical (unpaired) electrons. The first-order chi connectivity index (χ1) is 24.2. The molecule has 278 valence electrons. The summed E-state index contributed by atoms with van der Waals surface area (Å²) in [6, 6.07) is 2.31. The first kappa shape index (κ1) is 37.2. The third-order valence-electron chi connectivity index (χ3n) is 10.2. The van der Waals surface area contributed by atoms with E-state index >= 15 is 0 Å². The summed E-state index contributed by atoms with van der Waals surface area (Å²) in [5, 5.41) is 70.7. The molecule has 0 bridgehead atoms. The number of aliphatic imine (C=N–C) groups is 2. The zero-order chi connectivity index (χ0) is 38.2. The Balaban J connectivity index is 1.68. The average molecular weight is 753 g/mol. The molecule has 0 saturated carbocycles. The van der Waals surface area contributed by atoms with E-state index in [0.717, 1.165) is 0 Å². The first-order valence-corrected chi connectivity index (χ1v) is 20.8. The average Bonchev–Trinajstić information content (AvgIpc) is 3.58. The highest BCUT2D eigenvalue weighted by Gasteiger charge is 2.32. The van der Waals surface area contributed by atoms with Gasteiger partial charge < -0.3 is 30.6 Å². The van der Waals surface area contributed by atoms with Crippen molar-refractivity contribution in [2.45, 2.75) is 78.3 Å². The zero-order valence-electron chi connectivity index (χ0n) is 29.9. The summed E-state index contributed by atoms with van der Waals surface area (Å²) < 4.78 is 48.5. The van der Waals surface area contributed by atoms with Crippen LogP contribution in [0.5, 0.6) is 34.5 Å². The lowest BCUT2D eigenvalue weighted by Gasteiger charge is -2.23. The summed E-state index contributed by atoms with van der Waals surface area (Å²) in [6.07, 6.45) is 3.12. The number of aryl methyl sites for hydroxylation is 2. The van der Waals surface area contributed by atoms with Crippen LogP contribution in [0.3, 0.4) is 0 Å². The van der Waals surface area contributed by atoms with E-state index in [2.05, 4.69) is 9.98 Å². The molecule has 0 spiro atoms. The van der Waals surface area contributed by atoms with Crippen LogP contribution in [0.4, 0.5) is 0 Å². The van der Waals surface area contributed by atoms with Gasteiger partial charge in [-0.25, -0.2) is 16.8 Å². The Hall–Kier alpha value is -4.56. The monoisotopic (exact) mass is 752 g/mol. The van der Waals surface area contributed by atoms with Crippen molar-refractivity contribution in [1.29, 1.82) is 0 Å². The van der Waals surface area contributed by atoms with Gasteiger partial charge in [0.15, 0.2) is 42.7 Å². The van der Waals surface area contributed by atoms with Crippen molar-refractivity contribution < 1.29 is 47.5 Å². The number of phenols is 6. The Morgan fingerprint density at radius 1 is 0.596 bits per heavy atom. The summed E-state index contributed by atoms with van der Waals surface area (Å²) in [5.74, 6) is -3.54. The SMILES string of the molecule is Cc1cc2c(C(C)C)c(O)c(O)c(C=NC3CCS(=O)(=O)C3)c2c(O)c1-c1c(C)cc2c(C(C)C)c(O)c(O)c(C=NC3CCS(=O)(=O)C3)c2c1O. The number of hydrogen-bond acceptors (Lipinski definition) is 12. The van der Waals surface area contributed by atoms with Crippen molar-refractivity contribution in [3.05, 3.63) is 45.5 Å². The number of benzene rings is 4. The van der Waals surface area contributed by atoms with Crippen LogP contribution in [0.2, 0.25) is 0 Å². The van der Waals surface area contributed by atoms with E-state index < -0.39 is 54.8 Å². The van der Waals surface area contributed by atoms with Crippen molar-refractivity contribution in [2.24, 2.45) is 9.98 Å². The summed E-state index contributed by atoms with van der Waals surface area (Å²) in [4.78, 5) is 8.87. The van der Waals surface area contributed by atoms with Crippen LogP contribution in [-0.4, -0.2) is 95.0 Å². The molecule has 4 aromatic rings. The fourth-order valence-corrected chi connectivity index (χ4v) is 11.0. The molecule has 2 atom stereocenters. The van der Waals surface area contributed by atoms with E-state index in [4.69, 9.17) is 0 Å². The molecule has 2 heterocycles. The molecule has 2 unspecified atom stereocenters. The summed E-state index contributed by atoms with van der Waals surface area (Å²) in [5.41, 5.74) is 2.05. The Bertz CT molecular complexity index is 2280. The molecule has 0 amide bonds. The molecule has 0 aromatic heterocycles. The topological polar surface area (TPSA) is 214 Å². The lowest BCUT2D eigenvalue weighted by Crippen LogP contribution is -2.08. The Morgan fingerprint density at radius 3 is 1.23 bits per heavy atom. The predicted molar refractivity (Wildman–Crippen MR) is 204 cm³/mol. The van der Waals surface area contributed by atoms with Crippen molar-refractivity contribution >= 4 is 53.6 Å². The molecular weight excluding hydrogens is 709 g/mol. The molecule has 52 heavy (non-hydrogen) atoms. The second-order valence-electron chi connectivity index (χ2n) is 14.7. The minimum Gasteiger partial charge on any atom is -0.507 e. The molecule has 12 nitrogen and oxygen atoms in total. The van der Waals surface area contributed by atoms with Gasteiger partial charge >= 0.3 is 0 Å². The number of rotatable bonds is 7. The van der Waals surface area contributed by atoms with Crippen molar-refractivity contribution in [3.63, 3.8) is 0 Å². The fraction of sp³-hybridized carbons (Fsp3) is 0.421. The van der Waals surface area contributed by atoms with Gasteiger partial charge in [0.25, 0.3) is 0 Å².